The number of nitrogens with one attached hydrogen (secondary N) is 1. The predicted octanol–water partition coefficient (Wildman–Crippen LogP) is 5.18. The van der Waals surface area contributed by atoms with E-state index in [-0.39, 0.29) is 6.61 Å². The summed E-state index contributed by atoms with van der Waals surface area (Å²) >= 11 is 5.40. The lowest BCUT2D eigenvalue weighted by molar-refractivity contribution is 0.293. The van der Waals surface area contributed by atoms with Gasteiger partial charge in [-0.3, -0.25) is 9.67 Å². The van der Waals surface area contributed by atoms with Crippen molar-refractivity contribution in [2.75, 3.05) is 7.11 Å². The summed E-state index contributed by atoms with van der Waals surface area (Å²) in [4.78, 5) is 0. The van der Waals surface area contributed by atoms with Crippen LogP contribution in [0.3, 0.4) is 0 Å². The van der Waals surface area contributed by atoms with Crippen LogP contribution in [0, 0.1) is 4.77 Å². The van der Waals surface area contributed by atoms with Crippen LogP contribution < -0.4 is 9.47 Å². The van der Waals surface area contributed by atoms with E-state index in [1.54, 1.807) is 7.11 Å². The molecule has 4 aromatic rings. The van der Waals surface area contributed by atoms with Crippen molar-refractivity contribution in [2.45, 2.75) is 6.61 Å². The van der Waals surface area contributed by atoms with Crippen LogP contribution in [0.25, 0.3) is 16.8 Å². The molecule has 6 heteroatoms. The van der Waals surface area contributed by atoms with Crippen LogP contribution in [0.1, 0.15) is 5.82 Å². The molecule has 1 aromatic heterocycles. The molecule has 0 aliphatic rings. The van der Waals surface area contributed by atoms with Crippen molar-refractivity contribution in [1.29, 1.82) is 0 Å². The predicted molar refractivity (Wildman–Crippen MR) is 112 cm³/mol. The van der Waals surface area contributed by atoms with E-state index < -0.39 is 0 Å². The number of para-hydroxylation sites is 2. The molecule has 28 heavy (non-hydrogen) atoms. The van der Waals surface area contributed by atoms with Crippen molar-refractivity contribution in [3.8, 4) is 28.3 Å². The summed E-state index contributed by atoms with van der Waals surface area (Å²) in [6.45, 7) is 0.274. The number of methoxy groups -OCH3 is 1. The number of aromatic amines is 1. The normalized spacial score (nSPS) is 10.6. The monoisotopic (exact) mass is 389 g/mol. The van der Waals surface area contributed by atoms with Gasteiger partial charge in [-0.1, -0.05) is 54.6 Å². The first kappa shape index (κ1) is 18.0. The first-order valence-electron chi connectivity index (χ1n) is 8.84. The second-order valence-electron chi connectivity index (χ2n) is 6.13. The van der Waals surface area contributed by atoms with E-state index in [1.807, 2.05) is 71.3 Å². The lowest BCUT2D eigenvalue weighted by Gasteiger charge is -2.12. The van der Waals surface area contributed by atoms with Crippen molar-refractivity contribution in [1.82, 2.24) is 14.8 Å². The Morgan fingerprint density at radius 2 is 1.57 bits per heavy atom. The number of H-pyrrole nitrogens is 1. The summed E-state index contributed by atoms with van der Waals surface area (Å²) in [5, 5.41) is 7.15. The maximum atomic E-state index is 5.94. The molecule has 0 saturated heterocycles. The molecule has 0 unspecified atom stereocenters. The van der Waals surface area contributed by atoms with Gasteiger partial charge >= 0.3 is 0 Å². The molecule has 0 fully saturated rings. The molecule has 0 aliphatic carbocycles. The first-order chi connectivity index (χ1) is 13.8. The molecule has 0 atom stereocenters. The van der Waals surface area contributed by atoms with Crippen LogP contribution in [0.2, 0.25) is 0 Å². The molecule has 3 aromatic carbocycles. The van der Waals surface area contributed by atoms with Crippen LogP contribution in [-0.2, 0) is 6.61 Å². The number of benzene rings is 3. The minimum absolute atomic E-state index is 0.274. The highest BCUT2D eigenvalue weighted by molar-refractivity contribution is 7.71. The minimum Gasteiger partial charge on any atom is -0.495 e. The van der Waals surface area contributed by atoms with E-state index in [1.165, 1.54) is 5.56 Å². The fraction of sp³-hybridized carbons (Fsp3) is 0.0909. The highest BCUT2D eigenvalue weighted by Crippen LogP contribution is 2.25. The van der Waals surface area contributed by atoms with Crippen molar-refractivity contribution in [3.05, 3.63) is 89.5 Å². The SMILES string of the molecule is COc1ccccc1-n1c(COc2ccc(-c3ccccc3)cc2)n[nH]c1=S. The second kappa shape index (κ2) is 8.10. The quantitative estimate of drug-likeness (QED) is 0.462. The summed E-state index contributed by atoms with van der Waals surface area (Å²) in [6, 6.07) is 25.9. The number of hydrogen-bond donors (Lipinski definition) is 1. The molecule has 1 N–H and O–H groups in total. The van der Waals surface area contributed by atoms with Gasteiger partial charge in [0.2, 0.25) is 0 Å². The fourth-order valence-electron chi connectivity index (χ4n) is 3.01. The lowest BCUT2D eigenvalue weighted by Crippen LogP contribution is -2.07. The van der Waals surface area contributed by atoms with Gasteiger partial charge in [-0.2, -0.15) is 5.10 Å². The maximum Gasteiger partial charge on any atom is 0.200 e. The Bertz CT molecular complexity index is 1120. The van der Waals surface area contributed by atoms with Crippen LogP contribution in [-0.4, -0.2) is 21.9 Å². The average Bonchev–Trinajstić information content (AvgIpc) is 3.13. The van der Waals surface area contributed by atoms with E-state index in [0.717, 1.165) is 17.0 Å². The molecular formula is C22H19N3O2S. The third kappa shape index (κ3) is 3.68. The van der Waals surface area contributed by atoms with Crippen molar-refractivity contribution in [3.63, 3.8) is 0 Å². The molecule has 0 spiro atoms. The van der Waals surface area contributed by atoms with Crippen molar-refractivity contribution < 1.29 is 9.47 Å². The lowest BCUT2D eigenvalue weighted by atomic mass is 10.1. The van der Waals surface area contributed by atoms with E-state index in [0.29, 0.717) is 16.3 Å². The van der Waals surface area contributed by atoms with Gasteiger partial charge in [-0.15, -0.1) is 0 Å². The highest BCUT2D eigenvalue weighted by Gasteiger charge is 2.13. The second-order valence-corrected chi connectivity index (χ2v) is 6.52. The smallest absolute Gasteiger partial charge is 0.200 e. The molecule has 1 heterocycles. The minimum atomic E-state index is 0.274. The summed E-state index contributed by atoms with van der Waals surface area (Å²) in [5.74, 6) is 2.15. The number of hydrogen-bond acceptors (Lipinski definition) is 4. The van der Waals surface area contributed by atoms with Gasteiger partial charge in [0.15, 0.2) is 10.6 Å². The Morgan fingerprint density at radius 1 is 0.893 bits per heavy atom. The topological polar surface area (TPSA) is 52.1 Å². The summed E-state index contributed by atoms with van der Waals surface area (Å²) in [7, 11) is 1.63. The Labute approximate surface area is 168 Å². The average molecular weight is 389 g/mol. The molecule has 4 rings (SSSR count). The molecular weight excluding hydrogens is 370 g/mol. The van der Waals surface area contributed by atoms with Crippen LogP contribution in [0.15, 0.2) is 78.9 Å². The zero-order valence-corrected chi connectivity index (χ0v) is 16.1. The summed E-state index contributed by atoms with van der Waals surface area (Å²) in [5.41, 5.74) is 3.14. The number of rotatable bonds is 6. The first-order valence-corrected chi connectivity index (χ1v) is 9.25. The van der Waals surface area contributed by atoms with Crippen LogP contribution in [0.5, 0.6) is 11.5 Å². The van der Waals surface area contributed by atoms with E-state index >= 15 is 0 Å². The third-order valence-electron chi connectivity index (χ3n) is 4.40. The Balaban J connectivity index is 1.54. The molecule has 0 aliphatic heterocycles. The van der Waals surface area contributed by atoms with E-state index in [9.17, 15) is 0 Å². The number of aromatic nitrogens is 3. The van der Waals surface area contributed by atoms with Gasteiger partial charge in [-0.25, -0.2) is 0 Å². The molecule has 0 saturated carbocycles. The standard InChI is InChI=1S/C22H19N3O2S/c1-26-20-10-6-5-9-19(20)25-21(23-24-22(25)28)15-27-18-13-11-17(12-14-18)16-7-3-2-4-8-16/h2-14H,15H2,1H3,(H,24,28). The van der Waals surface area contributed by atoms with Gasteiger partial charge in [0, 0.05) is 0 Å². The Morgan fingerprint density at radius 3 is 2.32 bits per heavy atom. The van der Waals surface area contributed by atoms with Gasteiger partial charge in [0.1, 0.15) is 18.1 Å². The van der Waals surface area contributed by atoms with E-state index in [4.69, 9.17) is 21.7 Å². The zero-order chi connectivity index (χ0) is 19.3. The van der Waals surface area contributed by atoms with Crippen molar-refractivity contribution in [2.24, 2.45) is 0 Å². The molecule has 5 nitrogen and oxygen atoms in total. The van der Waals surface area contributed by atoms with E-state index in [2.05, 4.69) is 22.3 Å². The third-order valence-corrected chi connectivity index (χ3v) is 4.67. The summed E-state index contributed by atoms with van der Waals surface area (Å²) in [6.07, 6.45) is 0. The highest BCUT2D eigenvalue weighted by atomic mass is 32.1. The molecule has 140 valence electrons. The van der Waals surface area contributed by atoms with Gasteiger partial charge in [0.25, 0.3) is 0 Å². The van der Waals surface area contributed by atoms with Crippen molar-refractivity contribution >= 4 is 12.2 Å². The Kier molecular flexibility index (Phi) is 5.21. The molecule has 0 bridgehead atoms. The molecule has 0 radical (unpaired) electrons. The maximum absolute atomic E-state index is 5.94. The largest absolute Gasteiger partial charge is 0.495 e. The number of ether oxygens (including phenoxy) is 2. The van der Waals surface area contributed by atoms with Crippen LogP contribution >= 0.6 is 12.2 Å². The van der Waals surface area contributed by atoms with Crippen LogP contribution in [0.4, 0.5) is 0 Å². The molecule has 0 amide bonds. The van der Waals surface area contributed by atoms with Gasteiger partial charge in [-0.05, 0) is 47.6 Å². The summed E-state index contributed by atoms with van der Waals surface area (Å²) < 4.78 is 13.7. The Hall–Kier alpha value is -3.38. The number of nitrogens with zero attached hydrogens (tertiary/aromatic N) is 2. The van der Waals surface area contributed by atoms with Gasteiger partial charge < -0.3 is 9.47 Å². The zero-order valence-electron chi connectivity index (χ0n) is 15.3. The van der Waals surface area contributed by atoms with Gasteiger partial charge in [0.05, 0.1) is 12.8 Å². The fourth-order valence-corrected chi connectivity index (χ4v) is 3.26.